The minimum Gasteiger partial charge on any atom is -0.480 e. The Bertz CT molecular complexity index is 833. The lowest BCUT2D eigenvalue weighted by atomic mass is 10.1. The van der Waals surface area contributed by atoms with Gasteiger partial charge in [0.15, 0.2) is 11.8 Å². The second kappa shape index (κ2) is 5.72. The monoisotopic (exact) mass is 308 g/mol. The molecule has 0 fully saturated rings. The fraction of sp³-hybridized carbons (Fsp3) is 0.235. The standard InChI is InChI=1S/C17H16N4O2/c22-17(14-11-12-5-1-2-6-13(12)23-14)18-9-8-16-20-19-15-7-3-4-10-21(15)16/h1-7,10,14H,8-9,11H2,(H,18,22). The second-order valence-corrected chi connectivity index (χ2v) is 5.50. The normalized spacial score (nSPS) is 16.1. The van der Waals surface area contributed by atoms with Crippen molar-refractivity contribution in [2.45, 2.75) is 18.9 Å². The van der Waals surface area contributed by atoms with Gasteiger partial charge in [-0.25, -0.2) is 0 Å². The molecule has 1 N–H and O–H groups in total. The van der Waals surface area contributed by atoms with Crippen LogP contribution in [0.4, 0.5) is 0 Å². The van der Waals surface area contributed by atoms with E-state index < -0.39 is 6.10 Å². The van der Waals surface area contributed by atoms with Gasteiger partial charge in [0, 0.05) is 25.6 Å². The van der Waals surface area contributed by atoms with Gasteiger partial charge in [-0.3, -0.25) is 9.20 Å². The van der Waals surface area contributed by atoms with Crippen molar-refractivity contribution in [1.82, 2.24) is 19.9 Å². The Kier molecular flexibility index (Phi) is 3.42. The van der Waals surface area contributed by atoms with Crippen molar-refractivity contribution in [2.75, 3.05) is 6.54 Å². The summed E-state index contributed by atoms with van der Waals surface area (Å²) in [4.78, 5) is 12.2. The van der Waals surface area contributed by atoms with E-state index in [1.54, 1.807) is 0 Å². The first-order valence-electron chi connectivity index (χ1n) is 7.62. The molecule has 0 radical (unpaired) electrons. The molecule has 0 bridgehead atoms. The maximum Gasteiger partial charge on any atom is 0.261 e. The van der Waals surface area contributed by atoms with Gasteiger partial charge in [-0.15, -0.1) is 10.2 Å². The van der Waals surface area contributed by atoms with E-state index >= 15 is 0 Å². The molecule has 0 aliphatic carbocycles. The number of aromatic nitrogens is 3. The zero-order chi connectivity index (χ0) is 15.6. The highest BCUT2D eigenvalue weighted by atomic mass is 16.5. The van der Waals surface area contributed by atoms with Crippen molar-refractivity contribution >= 4 is 11.6 Å². The largest absolute Gasteiger partial charge is 0.480 e. The molecule has 4 rings (SSSR count). The van der Waals surface area contributed by atoms with Crippen LogP contribution in [0.15, 0.2) is 48.7 Å². The Morgan fingerprint density at radius 1 is 1.22 bits per heavy atom. The van der Waals surface area contributed by atoms with E-state index in [0.717, 1.165) is 22.8 Å². The smallest absolute Gasteiger partial charge is 0.261 e. The van der Waals surface area contributed by atoms with E-state index in [9.17, 15) is 4.79 Å². The van der Waals surface area contributed by atoms with Crippen molar-refractivity contribution in [3.63, 3.8) is 0 Å². The van der Waals surface area contributed by atoms with Crippen molar-refractivity contribution in [1.29, 1.82) is 0 Å². The third-order valence-corrected chi connectivity index (χ3v) is 3.97. The van der Waals surface area contributed by atoms with E-state index in [1.165, 1.54) is 0 Å². The highest BCUT2D eigenvalue weighted by molar-refractivity contribution is 5.82. The van der Waals surface area contributed by atoms with Crippen LogP contribution in [0.5, 0.6) is 5.75 Å². The van der Waals surface area contributed by atoms with Gasteiger partial charge in [-0.1, -0.05) is 24.3 Å². The Balaban J connectivity index is 1.34. The summed E-state index contributed by atoms with van der Waals surface area (Å²) >= 11 is 0. The van der Waals surface area contributed by atoms with Crippen LogP contribution in [0.25, 0.3) is 5.65 Å². The first-order chi connectivity index (χ1) is 11.3. The number of carbonyl (C=O) groups excluding carboxylic acids is 1. The van der Waals surface area contributed by atoms with Gasteiger partial charge in [0.25, 0.3) is 5.91 Å². The summed E-state index contributed by atoms with van der Waals surface area (Å²) < 4.78 is 7.61. The Labute approximate surface area is 133 Å². The molecule has 2 aromatic heterocycles. The van der Waals surface area contributed by atoms with E-state index in [2.05, 4.69) is 15.5 Å². The molecular formula is C17H16N4O2. The maximum atomic E-state index is 12.2. The summed E-state index contributed by atoms with van der Waals surface area (Å²) in [5, 5.41) is 11.2. The van der Waals surface area contributed by atoms with Crippen LogP contribution in [0.1, 0.15) is 11.4 Å². The number of hydrogen-bond acceptors (Lipinski definition) is 4. The quantitative estimate of drug-likeness (QED) is 0.791. The highest BCUT2D eigenvalue weighted by Crippen LogP contribution is 2.28. The molecule has 116 valence electrons. The molecule has 6 heteroatoms. The molecule has 1 aliphatic heterocycles. The number of carbonyl (C=O) groups is 1. The first-order valence-corrected chi connectivity index (χ1v) is 7.62. The number of pyridine rings is 1. The summed E-state index contributed by atoms with van der Waals surface area (Å²) in [7, 11) is 0. The molecule has 0 saturated heterocycles. The van der Waals surface area contributed by atoms with Crippen LogP contribution >= 0.6 is 0 Å². The van der Waals surface area contributed by atoms with E-state index in [0.29, 0.717) is 19.4 Å². The van der Waals surface area contributed by atoms with E-state index in [1.807, 2.05) is 53.1 Å². The summed E-state index contributed by atoms with van der Waals surface area (Å²) in [6.45, 7) is 0.505. The fourth-order valence-electron chi connectivity index (χ4n) is 2.80. The minimum absolute atomic E-state index is 0.0879. The molecule has 1 atom stereocenters. The topological polar surface area (TPSA) is 68.5 Å². The van der Waals surface area contributed by atoms with Crippen LogP contribution in [-0.2, 0) is 17.6 Å². The molecule has 0 spiro atoms. The van der Waals surface area contributed by atoms with Crippen LogP contribution in [0, 0.1) is 0 Å². The number of nitrogens with zero attached hydrogens (tertiary/aromatic N) is 3. The molecule has 1 aromatic carbocycles. The number of amides is 1. The highest BCUT2D eigenvalue weighted by Gasteiger charge is 2.28. The van der Waals surface area contributed by atoms with Gasteiger partial charge in [0.05, 0.1) is 0 Å². The molecule has 6 nitrogen and oxygen atoms in total. The molecule has 1 amide bonds. The van der Waals surface area contributed by atoms with Gasteiger partial charge in [-0.05, 0) is 23.8 Å². The summed E-state index contributed by atoms with van der Waals surface area (Å²) in [6.07, 6.45) is 2.72. The number of fused-ring (bicyclic) bond motifs is 2. The number of nitrogens with one attached hydrogen (secondary N) is 1. The lowest BCUT2D eigenvalue weighted by Gasteiger charge is -2.10. The zero-order valence-electron chi connectivity index (χ0n) is 12.5. The Morgan fingerprint density at radius 2 is 2.09 bits per heavy atom. The van der Waals surface area contributed by atoms with Crippen LogP contribution in [0.2, 0.25) is 0 Å². The zero-order valence-corrected chi connectivity index (χ0v) is 12.5. The molecule has 1 unspecified atom stereocenters. The molecule has 1 aliphatic rings. The van der Waals surface area contributed by atoms with Gasteiger partial charge >= 0.3 is 0 Å². The van der Waals surface area contributed by atoms with Crippen molar-refractivity contribution < 1.29 is 9.53 Å². The maximum absolute atomic E-state index is 12.2. The van der Waals surface area contributed by atoms with E-state index in [4.69, 9.17) is 4.74 Å². The van der Waals surface area contributed by atoms with Crippen molar-refractivity contribution in [3.8, 4) is 5.75 Å². The third kappa shape index (κ3) is 2.63. The van der Waals surface area contributed by atoms with Gasteiger partial charge in [0.2, 0.25) is 0 Å². The van der Waals surface area contributed by atoms with Gasteiger partial charge < -0.3 is 10.1 Å². The number of para-hydroxylation sites is 1. The summed E-state index contributed by atoms with van der Waals surface area (Å²) in [6, 6.07) is 13.5. The average Bonchev–Trinajstić information content (AvgIpc) is 3.19. The van der Waals surface area contributed by atoms with Crippen LogP contribution < -0.4 is 10.1 Å². The third-order valence-electron chi connectivity index (χ3n) is 3.97. The number of benzene rings is 1. The van der Waals surface area contributed by atoms with Gasteiger partial charge in [0.1, 0.15) is 11.6 Å². The van der Waals surface area contributed by atoms with Crippen molar-refractivity contribution in [2.24, 2.45) is 0 Å². The molecule has 23 heavy (non-hydrogen) atoms. The van der Waals surface area contributed by atoms with Crippen molar-refractivity contribution in [3.05, 3.63) is 60.0 Å². The molecule has 3 aromatic rings. The Morgan fingerprint density at radius 3 is 3.00 bits per heavy atom. The van der Waals surface area contributed by atoms with E-state index in [-0.39, 0.29) is 5.91 Å². The molecular weight excluding hydrogens is 292 g/mol. The lowest BCUT2D eigenvalue weighted by molar-refractivity contribution is -0.127. The summed E-state index contributed by atoms with van der Waals surface area (Å²) in [5.74, 6) is 1.54. The average molecular weight is 308 g/mol. The van der Waals surface area contributed by atoms with Crippen LogP contribution in [-0.4, -0.2) is 33.2 Å². The SMILES string of the molecule is O=C(NCCc1nnc2ccccn12)C1Cc2ccccc2O1. The summed E-state index contributed by atoms with van der Waals surface area (Å²) in [5.41, 5.74) is 1.89. The predicted molar refractivity (Wildman–Crippen MR) is 84.3 cm³/mol. The number of hydrogen-bond donors (Lipinski definition) is 1. The van der Waals surface area contributed by atoms with Gasteiger partial charge in [-0.2, -0.15) is 0 Å². The number of rotatable bonds is 4. The first kappa shape index (κ1) is 13.8. The number of ether oxygens (including phenoxy) is 1. The second-order valence-electron chi connectivity index (χ2n) is 5.50. The molecule has 0 saturated carbocycles. The predicted octanol–water partition coefficient (Wildman–Crippen LogP) is 1.39. The molecule has 3 heterocycles. The fourth-order valence-corrected chi connectivity index (χ4v) is 2.80. The van der Waals surface area contributed by atoms with Crippen LogP contribution in [0.3, 0.4) is 0 Å². The minimum atomic E-state index is -0.442. The lowest BCUT2D eigenvalue weighted by Crippen LogP contribution is -2.38. The Hall–Kier alpha value is -2.89.